The summed E-state index contributed by atoms with van der Waals surface area (Å²) in [5.74, 6) is 0.335. The number of fused-ring (bicyclic) bond motifs is 1. The Bertz CT molecular complexity index is 1650. The second-order valence-corrected chi connectivity index (χ2v) is 9.95. The number of non-ortho nitro benzene ring substituents is 1. The van der Waals surface area contributed by atoms with Crippen LogP contribution in [0, 0.1) is 20.2 Å². The van der Waals surface area contributed by atoms with E-state index in [-0.39, 0.29) is 34.9 Å². The maximum absolute atomic E-state index is 13.3. The molecule has 0 radical (unpaired) electrons. The van der Waals surface area contributed by atoms with Crippen molar-refractivity contribution in [3.05, 3.63) is 111 Å². The standard InChI is InChI=1S/C25H19Br2N5O6/c1-2-4-23-29-21-8-7-17(26)11-20(21)25(33)30(23)28-13-16-10-18(27)12-22(32(36)37)24(16)38-14-15-5-3-6-19(9-15)31(34)35/h3,5-13H,2,4,14H2,1H3. The minimum Gasteiger partial charge on any atom is -0.481 e. The number of halogens is 2. The van der Waals surface area contributed by atoms with Crippen LogP contribution in [0.2, 0.25) is 0 Å². The van der Waals surface area contributed by atoms with E-state index in [0.717, 1.165) is 0 Å². The Hall–Kier alpha value is -3.97. The van der Waals surface area contributed by atoms with Crippen LogP contribution < -0.4 is 10.3 Å². The molecule has 1 heterocycles. The Morgan fingerprint density at radius 2 is 1.84 bits per heavy atom. The van der Waals surface area contributed by atoms with Crippen molar-refractivity contribution >= 4 is 60.4 Å². The van der Waals surface area contributed by atoms with Gasteiger partial charge in [-0.2, -0.15) is 9.78 Å². The lowest BCUT2D eigenvalue weighted by molar-refractivity contribution is -0.386. The van der Waals surface area contributed by atoms with Gasteiger partial charge in [-0.15, -0.1) is 0 Å². The van der Waals surface area contributed by atoms with Gasteiger partial charge in [0.2, 0.25) is 5.75 Å². The Morgan fingerprint density at radius 3 is 2.55 bits per heavy atom. The molecule has 0 bridgehead atoms. The van der Waals surface area contributed by atoms with Crippen LogP contribution in [0.4, 0.5) is 11.4 Å². The Labute approximate surface area is 232 Å². The summed E-state index contributed by atoms with van der Waals surface area (Å²) in [6.07, 6.45) is 2.49. The number of aryl methyl sites for hydroxylation is 1. The zero-order valence-electron chi connectivity index (χ0n) is 19.8. The second-order valence-electron chi connectivity index (χ2n) is 8.12. The van der Waals surface area contributed by atoms with E-state index in [0.29, 0.717) is 44.1 Å². The molecular formula is C25H19Br2N5O6. The molecule has 0 aliphatic carbocycles. The first-order chi connectivity index (χ1) is 18.2. The van der Waals surface area contributed by atoms with Crippen LogP contribution >= 0.6 is 31.9 Å². The summed E-state index contributed by atoms with van der Waals surface area (Å²) in [4.78, 5) is 39.7. The number of nitrogens with zero attached hydrogens (tertiary/aromatic N) is 5. The molecule has 0 amide bonds. The van der Waals surface area contributed by atoms with Crippen LogP contribution in [0.15, 0.2) is 73.4 Å². The Kier molecular flexibility index (Phi) is 8.27. The van der Waals surface area contributed by atoms with Crippen molar-refractivity contribution in [2.75, 3.05) is 0 Å². The van der Waals surface area contributed by atoms with Crippen molar-refractivity contribution in [1.82, 2.24) is 9.66 Å². The van der Waals surface area contributed by atoms with Gasteiger partial charge < -0.3 is 4.74 Å². The third kappa shape index (κ3) is 5.94. The van der Waals surface area contributed by atoms with Gasteiger partial charge in [0.05, 0.1) is 27.0 Å². The first-order valence-corrected chi connectivity index (χ1v) is 12.9. The van der Waals surface area contributed by atoms with Crippen molar-refractivity contribution in [2.24, 2.45) is 5.10 Å². The molecule has 4 aromatic rings. The van der Waals surface area contributed by atoms with Crippen molar-refractivity contribution < 1.29 is 14.6 Å². The fraction of sp³-hybridized carbons (Fsp3) is 0.160. The van der Waals surface area contributed by atoms with Gasteiger partial charge in [0.15, 0.2) is 0 Å². The smallest absolute Gasteiger partial charge is 0.312 e. The lowest BCUT2D eigenvalue weighted by atomic mass is 10.1. The maximum Gasteiger partial charge on any atom is 0.312 e. The van der Waals surface area contributed by atoms with Gasteiger partial charge in [0.25, 0.3) is 11.2 Å². The average molecular weight is 645 g/mol. The second kappa shape index (κ2) is 11.6. The van der Waals surface area contributed by atoms with E-state index >= 15 is 0 Å². The van der Waals surface area contributed by atoms with Gasteiger partial charge >= 0.3 is 5.69 Å². The Balaban J connectivity index is 1.80. The van der Waals surface area contributed by atoms with Crippen LogP contribution in [0.5, 0.6) is 5.75 Å². The zero-order chi connectivity index (χ0) is 27.4. The minimum atomic E-state index is -0.603. The summed E-state index contributed by atoms with van der Waals surface area (Å²) < 4.78 is 8.09. The molecule has 0 unspecified atom stereocenters. The summed E-state index contributed by atoms with van der Waals surface area (Å²) in [5, 5.41) is 27.6. The van der Waals surface area contributed by atoms with E-state index in [1.54, 1.807) is 30.3 Å². The highest BCUT2D eigenvalue weighted by Crippen LogP contribution is 2.34. The van der Waals surface area contributed by atoms with Crippen LogP contribution in [-0.2, 0) is 13.0 Å². The molecule has 194 valence electrons. The molecular weight excluding hydrogens is 626 g/mol. The van der Waals surface area contributed by atoms with Crippen LogP contribution in [0.1, 0.15) is 30.3 Å². The normalized spacial score (nSPS) is 11.2. The number of ether oxygens (including phenoxy) is 1. The minimum absolute atomic E-state index is 0.102. The number of hydrogen-bond donors (Lipinski definition) is 0. The average Bonchev–Trinajstić information content (AvgIpc) is 2.88. The molecule has 0 saturated heterocycles. The molecule has 0 saturated carbocycles. The molecule has 11 nitrogen and oxygen atoms in total. The summed E-state index contributed by atoms with van der Waals surface area (Å²) in [5.41, 5.74) is 0.349. The SMILES string of the molecule is CCCc1nc2ccc(Br)cc2c(=O)n1N=Cc1cc(Br)cc([N+](=O)[O-])c1OCc1cccc([N+](=O)[O-])c1. The van der Waals surface area contributed by atoms with Crippen molar-refractivity contribution in [3.63, 3.8) is 0 Å². The molecule has 1 aromatic heterocycles. The third-order valence-electron chi connectivity index (χ3n) is 5.43. The molecule has 0 N–H and O–H groups in total. The molecule has 0 atom stereocenters. The lowest BCUT2D eigenvalue weighted by Gasteiger charge is -2.12. The number of benzene rings is 3. The summed E-state index contributed by atoms with van der Waals surface area (Å²) >= 11 is 6.64. The number of nitro groups is 2. The molecule has 13 heteroatoms. The molecule has 0 fully saturated rings. The number of nitro benzene ring substituents is 2. The van der Waals surface area contributed by atoms with E-state index in [9.17, 15) is 25.0 Å². The van der Waals surface area contributed by atoms with E-state index in [1.165, 1.54) is 35.2 Å². The topological polar surface area (TPSA) is 143 Å². The van der Waals surface area contributed by atoms with E-state index in [4.69, 9.17) is 4.74 Å². The van der Waals surface area contributed by atoms with Crippen LogP contribution in [0.25, 0.3) is 10.9 Å². The molecule has 0 aliphatic heterocycles. The van der Waals surface area contributed by atoms with Crippen LogP contribution in [-0.4, -0.2) is 25.7 Å². The fourth-order valence-electron chi connectivity index (χ4n) is 3.72. The quantitative estimate of drug-likeness (QED) is 0.121. The zero-order valence-corrected chi connectivity index (χ0v) is 23.0. The van der Waals surface area contributed by atoms with Gasteiger partial charge in [0, 0.05) is 39.1 Å². The predicted octanol–water partition coefficient (Wildman–Crippen LogP) is 6.15. The van der Waals surface area contributed by atoms with Crippen molar-refractivity contribution in [2.45, 2.75) is 26.4 Å². The van der Waals surface area contributed by atoms with E-state index in [1.807, 2.05) is 6.92 Å². The third-order valence-corrected chi connectivity index (χ3v) is 6.38. The van der Waals surface area contributed by atoms with E-state index in [2.05, 4.69) is 41.9 Å². The number of rotatable bonds is 9. The van der Waals surface area contributed by atoms with Gasteiger partial charge in [-0.25, -0.2) is 4.98 Å². The largest absolute Gasteiger partial charge is 0.481 e. The monoisotopic (exact) mass is 643 g/mol. The maximum atomic E-state index is 13.3. The first-order valence-electron chi connectivity index (χ1n) is 11.3. The van der Waals surface area contributed by atoms with Crippen LogP contribution in [0.3, 0.4) is 0 Å². The van der Waals surface area contributed by atoms with Gasteiger partial charge in [-0.3, -0.25) is 25.0 Å². The fourth-order valence-corrected chi connectivity index (χ4v) is 4.55. The van der Waals surface area contributed by atoms with Gasteiger partial charge in [-0.1, -0.05) is 50.9 Å². The molecule has 38 heavy (non-hydrogen) atoms. The van der Waals surface area contributed by atoms with Crippen molar-refractivity contribution in [3.8, 4) is 5.75 Å². The summed E-state index contributed by atoms with van der Waals surface area (Å²) in [7, 11) is 0. The number of hydrogen-bond acceptors (Lipinski definition) is 8. The Morgan fingerprint density at radius 1 is 1.05 bits per heavy atom. The van der Waals surface area contributed by atoms with Crippen molar-refractivity contribution in [1.29, 1.82) is 0 Å². The van der Waals surface area contributed by atoms with E-state index < -0.39 is 9.85 Å². The molecule has 4 rings (SSSR count). The first kappa shape index (κ1) is 27.1. The predicted molar refractivity (Wildman–Crippen MR) is 149 cm³/mol. The highest BCUT2D eigenvalue weighted by Gasteiger charge is 2.21. The highest BCUT2D eigenvalue weighted by molar-refractivity contribution is 9.10. The number of aromatic nitrogens is 2. The van der Waals surface area contributed by atoms with Gasteiger partial charge in [-0.05, 0) is 36.2 Å². The summed E-state index contributed by atoms with van der Waals surface area (Å²) in [6.45, 7) is 1.78. The lowest BCUT2D eigenvalue weighted by Crippen LogP contribution is -2.22. The highest BCUT2D eigenvalue weighted by atomic mass is 79.9. The summed E-state index contributed by atoms with van der Waals surface area (Å²) in [6, 6.07) is 13.8. The molecule has 3 aromatic carbocycles. The van der Waals surface area contributed by atoms with Gasteiger partial charge in [0.1, 0.15) is 12.4 Å². The molecule has 0 aliphatic rings. The molecule has 0 spiro atoms.